The van der Waals surface area contributed by atoms with Crippen molar-refractivity contribution in [3.8, 4) is 0 Å². The monoisotopic (exact) mass is 435 g/mol. The molecular formula is C18H15BrClN3OS. The summed E-state index contributed by atoms with van der Waals surface area (Å²) in [5.74, 6) is -0.238. The van der Waals surface area contributed by atoms with E-state index in [0.717, 1.165) is 10.0 Å². The van der Waals surface area contributed by atoms with Gasteiger partial charge in [0.25, 0.3) is 5.91 Å². The second-order valence-corrected chi connectivity index (χ2v) is 7.29. The highest BCUT2D eigenvalue weighted by Gasteiger charge is 2.30. The van der Waals surface area contributed by atoms with Crippen molar-refractivity contribution >= 4 is 56.5 Å². The van der Waals surface area contributed by atoms with Crippen LogP contribution in [0.3, 0.4) is 0 Å². The summed E-state index contributed by atoms with van der Waals surface area (Å²) < 4.78 is 0.930. The minimum atomic E-state index is -0.353. The summed E-state index contributed by atoms with van der Waals surface area (Å²) in [6, 6.07) is 14.5. The van der Waals surface area contributed by atoms with Gasteiger partial charge in [0.2, 0.25) is 0 Å². The predicted molar refractivity (Wildman–Crippen MR) is 109 cm³/mol. The molecule has 0 aliphatic carbocycles. The van der Waals surface area contributed by atoms with Gasteiger partial charge in [0.1, 0.15) is 0 Å². The van der Waals surface area contributed by atoms with Crippen LogP contribution in [-0.2, 0) is 4.79 Å². The molecule has 0 bridgehead atoms. The summed E-state index contributed by atoms with van der Waals surface area (Å²) in [7, 11) is 0. The lowest BCUT2D eigenvalue weighted by Gasteiger charge is -2.30. The predicted octanol–water partition coefficient (Wildman–Crippen LogP) is 4.53. The minimum Gasteiger partial charge on any atom is -0.351 e. The molecule has 0 saturated heterocycles. The molecule has 7 heteroatoms. The first-order valence-electron chi connectivity index (χ1n) is 7.55. The van der Waals surface area contributed by atoms with Crippen molar-refractivity contribution in [3.05, 3.63) is 74.9 Å². The summed E-state index contributed by atoms with van der Waals surface area (Å²) >= 11 is 14.9. The van der Waals surface area contributed by atoms with Crippen LogP contribution in [0.15, 0.2) is 64.3 Å². The van der Waals surface area contributed by atoms with Gasteiger partial charge in [-0.25, -0.2) is 0 Å². The number of thiocarbonyl (C=S) groups is 1. The standard InChI is InChI=1S/C18H15BrClN3OS/c1-10-15(17(24)22-14-8-3-2-7-13(14)20)16(23-18(25)21-10)11-5-4-6-12(19)9-11/h2-9,16H,1H3,(H,22,24)(H2,21,23,25)/t16-/m0/s1. The van der Waals surface area contributed by atoms with Gasteiger partial charge in [0, 0.05) is 10.2 Å². The molecule has 128 valence electrons. The zero-order valence-electron chi connectivity index (χ0n) is 13.3. The molecule has 0 aromatic heterocycles. The molecule has 0 unspecified atom stereocenters. The highest BCUT2D eigenvalue weighted by atomic mass is 79.9. The van der Waals surface area contributed by atoms with Crippen LogP contribution in [0, 0.1) is 0 Å². The number of amides is 1. The molecule has 0 radical (unpaired) electrons. The number of halogens is 2. The Bertz CT molecular complexity index is 884. The molecule has 0 fully saturated rings. The van der Waals surface area contributed by atoms with E-state index < -0.39 is 0 Å². The molecule has 1 amide bonds. The normalized spacial score (nSPS) is 16.9. The van der Waals surface area contributed by atoms with E-state index in [4.69, 9.17) is 23.8 Å². The van der Waals surface area contributed by atoms with E-state index in [1.54, 1.807) is 12.1 Å². The number of carbonyl (C=O) groups is 1. The lowest BCUT2D eigenvalue weighted by molar-refractivity contribution is -0.113. The first kappa shape index (κ1) is 17.9. The van der Waals surface area contributed by atoms with E-state index >= 15 is 0 Å². The maximum Gasteiger partial charge on any atom is 0.255 e. The Morgan fingerprint density at radius 3 is 2.72 bits per heavy atom. The Balaban J connectivity index is 1.97. The molecule has 1 aliphatic heterocycles. The van der Waals surface area contributed by atoms with E-state index in [9.17, 15) is 4.79 Å². The van der Waals surface area contributed by atoms with E-state index in [2.05, 4.69) is 31.9 Å². The molecule has 3 N–H and O–H groups in total. The van der Waals surface area contributed by atoms with Crippen molar-refractivity contribution in [2.75, 3.05) is 5.32 Å². The fourth-order valence-corrected chi connectivity index (χ4v) is 3.55. The van der Waals surface area contributed by atoms with Crippen molar-refractivity contribution in [1.82, 2.24) is 10.6 Å². The Hall–Kier alpha value is -1.89. The van der Waals surface area contributed by atoms with Gasteiger partial charge in [0.15, 0.2) is 5.11 Å². The summed E-state index contributed by atoms with van der Waals surface area (Å²) in [6.45, 7) is 1.83. The summed E-state index contributed by atoms with van der Waals surface area (Å²) in [5, 5.41) is 10.0. The van der Waals surface area contributed by atoms with Gasteiger partial charge in [-0.3, -0.25) is 4.79 Å². The number of hydrogen-bond donors (Lipinski definition) is 3. The van der Waals surface area contributed by atoms with E-state index in [0.29, 0.717) is 27.1 Å². The second kappa shape index (κ2) is 7.56. The van der Waals surface area contributed by atoms with Crippen LogP contribution in [0.2, 0.25) is 5.02 Å². The molecule has 1 aliphatic rings. The average Bonchev–Trinajstić information content (AvgIpc) is 2.56. The lowest BCUT2D eigenvalue weighted by Crippen LogP contribution is -2.45. The van der Waals surface area contributed by atoms with Gasteiger partial charge in [0.05, 0.1) is 22.3 Å². The molecule has 0 saturated carbocycles. The van der Waals surface area contributed by atoms with Crippen LogP contribution in [0.4, 0.5) is 5.69 Å². The first-order valence-corrected chi connectivity index (χ1v) is 9.13. The smallest absolute Gasteiger partial charge is 0.255 e. The molecule has 1 heterocycles. The minimum absolute atomic E-state index is 0.238. The molecule has 0 spiro atoms. The van der Waals surface area contributed by atoms with Crippen LogP contribution in [-0.4, -0.2) is 11.0 Å². The van der Waals surface area contributed by atoms with Crippen LogP contribution in [0.1, 0.15) is 18.5 Å². The zero-order valence-corrected chi connectivity index (χ0v) is 16.4. The van der Waals surface area contributed by atoms with Gasteiger partial charge in [-0.05, 0) is 49.0 Å². The van der Waals surface area contributed by atoms with Crippen molar-refractivity contribution in [2.45, 2.75) is 13.0 Å². The number of allylic oxidation sites excluding steroid dienone is 1. The molecule has 2 aromatic rings. The van der Waals surface area contributed by atoms with Gasteiger partial charge in [-0.1, -0.05) is 51.8 Å². The molecule has 25 heavy (non-hydrogen) atoms. The highest BCUT2D eigenvalue weighted by molar-refractivity contribution is 9.10. The number of hydrogen-bond acceptors (Lipinski definition) is 2. The van der Waals surface area contributed by atoms with Crippen LogP contribution >= 0.6 is 39.7 Å². The third-order valence-electron chi connectivity index (χ3n) is 3.82. The molecule has 4 nitrogen and oxygen atoms in total. The van der Waals surface area contributed by atoms with Crippen LogP contribution in [0.5, 0.6) is 0 Å². The number of benzene rings is 2. The van der Waals surface area contributed by atoms with Gasteiger partial charge in [-0.2, -0.15) is 0 Å². The third kappa shape index (κ3) is 4.03. The van der Waals surface area contributed by atoms with E-state index in [1.165, 1.54) is 0 Å². The van der Waals surface area contributed by atoms with Crippen molar-refractivity contribution < 1.29 is 4.79 Å². The Kier molecular flexibility index (Phi) is 5.42. The largest absolute Gasteiger partial charge is 0.351 e. The molecular weight excluding hydrogens is 422 g/mol. The Labute approximate surface area is 164 Å². The SMILES string of the molecule is CC1=C(C(=O)Nc2ccccc2Cl)[C@H](c2cccc(Br)c2)NC(=S)N1. The summed E-state index contributed by atoms with van der Waals surface area (Å²) in [4.78, 5) is 12.9. The lowest BCUT2D eigenvalue weighted by atomic mass is 9.95. The van der Waals surface area contributed by atoms with Gasteiger partial charge in [-0.15, -0.1) is 0 Å². The first-order chi connectivity index (χ1) is 12.0. The summed E-state index contributed by atoms with van der Waals surface area (Å²) in [6.07, 6.45) is 0. The quantitative estimate of drug-likeness (QED) is 0.619. The van der Waals surface area contributed by atoms with E-state index in [-0.39, 0.29) is 11.9 Å². The van der Waals surface area contributed by atoms with Crippen LogP contribution < -0.4 is 16.0 Å². The van der Waals surface area contributed by atoms with Crippen LogP contribution in [0.25, 0.3) is 0 Å². The number of para-hydroxylation sites is 1. The Morgan fingerprint density at radius 1 is 1.24 bits per heavy atom. The van der Waals surface area contributed by atoms with Crippen molar-refractivity contribution in [2.24, 2.45) is 0 Å². The van der Waals surface area contributed by atoms with Crippen molar-refractivity contribution in [3.63, 3.8) is 0 Å². The highest BCUT2D eigenvalue weighted by Crippen LogP contribution is 2.30. The third-order valence-corrected chi connectivity index (χ3v) is 4.86. The zero-order chi connectivity index (χ0) is 18.0. The number of anilines is 1. The number of carbonyl (C=O) groups excluding carboxylic acids is 1. The summed E-state index contributed by atoms with van der Waals surface area (Å²) in [5.41, 5.74) is 2.77. The fourth-order valence-electron chi connectivity index (χ4n) is 2.68. The maximum absolute atomic E-state index is 12.9. The molecule has 3 rings (SSSR count). The van der Waals surface area contributed by atoms with Gasteiger partial charge >= 0.3 is 0 Å². The number of rotatable bonds is 3. The second-order valence-electron chi connectivity index (χ2n) is 5.56. The van der Waals surface area contributed by atoms with Crippen molar-refractivity contribution in [1.29, 1.82) is 0 Å². The average molecular weight is 437 g/mol. The maximum atomic E-state index is 12.9. The Morgan fingerprint density at radius 2 is 2.00 bits per heavy atom. The molecule has 1 atom stereocenters. The van der Waals surface area contributed by atoms with E-state index in [1.807, 2.05) is 43.3 Å². The molecule has 2 aromatic carbocycles. The topological polar surface area (TPSA) is 53.2 Å². The fraction of sp³-hybridized carbons (Fsp3) is 0.111. The number of nitrogens with one attached hydrogen (secondary N) is 3. The van der Waals surface area contributed by atoms with Gasteiger partial charge < -0.3 is 16.0 Å².